The van der Waals surface area contributed by atoms with Crippen molar-refractivity contribution in [2.45, 2.75) is 17.7 Å². The molecule has 28 heavy (non-hydrogen) atoms. The average molecular weight is 408 g/mol. The van der Waals surface area contributed by atoms with Gasteiger partial charge in [0.2, 0.25) is 0 Å². The van der Waals surface area contributed by atoms with E-state index in [0.29, 0.717) is 0 Å². The predicted octanol–water partition coefficient (Wildman–Crippen LogP) is 2.35. The summed E-state index contributed by atoms with van der Waals surface area (Å²) in [6.45, 7) is -0.205. The second kappa shape index (κ2) is 8.48. The fourth-order valence-electron chi connectivity index (χ4n) is 2.42. The predicted molar refractivity (Wildman–Crippen MR) is 97.9 cm³/mol. The molecule has 0 bridgehead atoms. The van der Waals surface area contributed by atoms with E-state index in [2.05, 4.69) is 0 Å². The quantitative estimate of drug-likeness (QED) is 0.473. The van der Waals surface area contributed by atoms with Crippen LogP contribution in [0.3, 0.4) is 0 Å². The van der Waals surface area contributed by atoms with Crippen molar-refractivity contribution < 1.29 is 33.1 Å². The van der Waals surface area contributed by atoms with Crippen LogP contribution in [0.5, 0.6) is 0 Å². The molecule has 10 nitrogen and oxygen atoms in total. The molecule has 2 rings (SSSR count). The van der Waals surface area contributed by atoms with Gasteiger partial charge >= 0.3 is 11.9 Å². The summed E-state index contributed by atoms with van der Waals surface area (Å²) in [6, 6.07) is 9.46. The van der Waals surface area contributed by atoms with Crippen molar-refractivity contribution in [1.82, 2.24) is 0 Å². The van der Waals surface area contributed by atoms with Crippen LogP contribution in [0.1, 0.15) is 23.2 Å². The Morgan fingerprint density at radius 1 is 1.07 bits per heavy atom. The van der Waals surface area contributed by atoms with Crippen LogP contribution in [0.25, 0.3) is 0 Å². The Labute approximate surface area is 159 Å². The molecule has 0 amide bonds. The molecule has 0 heterocycles. The van der Waals surface area contributed by atoms with Crippen molar-refractivity contribution in [3.63, 3.8) is 0 Å². The highest BCUT2D eigenvalue weighted by molar-refractivity contribution is 7.92. The highest BCUT2D eigenvalue weighted by Gasteiger charge is 2.26. The number of sulfonamides is 1. The molecule has 0 unspecified atom stereocenters. The fraction of sp³-hybridized carbons (Fsp3) is 0.176. The first-order valence-electron chi connectivity index (χ1n) is 7.95. The van der Waals surface area contributed by atoms with E-state index in [4.69, 9.17) is 10.2 Å². The lowest BCUT2D eigenvalue weighted by molar-refractivity contribution is -0.385. The van der Waals surface area contributed by atoms with Gasteiger partial charge in [-0.1, -0.05) is 6.07 Å². The number of rotatable bonds is 9. The van der Waals surface area contributed by atoms with Crippen molar-refractivity contribution in [3.8, 4) is 0 Å². The van der Waals surface area contributed by atoms with E-state index in [1.807, 2.05) is 0 Å². The van der Waals surface area contributed by atoms with Gasteiger partial charge in [0.05, 0.1) is 21.1 Å². The van der Waals surface area contributed by atoms with Crippen molar-refractivity contribution >= 4 is 33.3 Å². The zero-order valence-corrected chi connectivity index (χ0v) is 15.2. The van der Waals surface area contributed by atoms with E-state index in [-0.39, 0.29) is 35.5 Å². The van der Waals surface area contributed by atoms with Crippen LogP contribution in [-0.4, -0.2) is 42.0 Å². The van der Waals surface area contributed by atoms with Crippen LogP contribution in [-0.2, 0) is 14.8 Å². The number of aromatic carboxylic acids is 1. The number of benzene rings is 2. The number of carboxylic acid groups (broad SMARTS) is 2. The molecule has 148 valence electrons. The van der Waals surface area contributed by atoms with Crippen molar-refractivity contribution in [1.29, 1.82) is 0 Å². The monoisotopic (exact) mass is 408 g/mol. The number of non-ortho nitro benzene ring substituents is 1. The molecule has 0 atom stereocenters. The number of hydrogen-bond donors (Lipinski definition) is 2. The van der Waals surface area contributed by atoms with E-state index in [9.17, 15) is 28.1 Å². The summed E-state index contributed by atoms with van der Waals surface area (Å²) in [5, 5.41) is 28.7. The van der Waals surface area contributed by atoms with Crippen LogP contribution in [0.2, 0.25) is 0 Å². The maximum atomic E-state index is 13.0. The Kier molecular flexibility index (Phi) is 6.31. The number of hydrogen-bond acceptors (Lipinski definition) is 6. The molecular weight excluding hydrogens is 392 g/mol. The number of carbonyl (C=O) groups is 2. The van der Waals surface area contributed by atoms with E-state index < -0.39 is 32.6 Å². The van der Waals surface area contributed by atoms with Crippen molar-refractivity contribution in [3.05, 3.63) is 64.2 Å². The molecule has 0 spiro atoms. The van der Waals surface area contributed by atoms with Gasteiger partial charge in [-0.25, -0.2) is 13.2 Å². The van der Waals surface area contributed by atoms with E-state index in [1.54, 1.807) is 0 Å². The van der Waals surface area contributed by atoms with Crippen LogP contribution in [0.4, 0.5) is 11.4 Å². The van der Waals surface area contributed by atoms with E-state index >= 15 is 0 Å². The summed E-state index contributed by atoms with van der Waals surface area (Å²) < 4.78 is 27.0. The minimum absolute atomic E-state index is 0.00975. The Bertz CT molecular complexity index is 1000. The minimum atomic E-state index is -4.25. The lowest BCUT2D eigenvalue weighted by Gasteiger charge is -2.24. The molecule has 2 aromatic carbocycles. The molecule has 0 fully saturated rings. The van der Waals surface area contributed by atoms with Gasteiger partial charge in [-0.15, -0.1) is 0 Å². The minimum Gasteiger partial charge on any atom is -0.481 e. The normalized spacial score (nSPS) is 11.0. The molecule has 0 saturated heterocycles. The number of nitro groups is 1. The van der Waals surface area contributed by atoms with Gasteiger partial charge in [-0.05, 0) is 36.8 Å². The third kappa shape index (κ3) is 4.82. The third-order valence-electron chi connectivity index (χ3n) is 3.77. The summed E-state index contributed by atoms with van der Waals surface area (Å²) in [6.07, 6.45) is -0.293. The highest BCUT2D eigenvalue weighted by atomic mass is 32.2. The molecular formula is C17H16N2O8S. The van der Waals surface area contributed by atoms with Crippen LogP contribution >= 0.6 is 0 Å². The Morgan fingerprint density at radius 3 is 2.25 bits per heavy atom. The van der Waals surface area contributed by atoms with Crippen LogP contribution in [0.15, 0.2) is 53.4 Å². The zero-order chi connectivity index (χ0) is 20.9. The molecule has 0 aromatic heterocycles. The second-order valence-corrected chi connectivity index (χ2v) is 7.54. The van der Waals surface area contributed by atoms with Gasteiger partial charge in [-0.2, -0.15) is 0 Å². The summed E-state index contributed by atoms with van der Waals surface area (Å²) >= 11 is 0. The van der Waals surface area contributed by atoms with Crippen molar-refractivity contribution in [2.75, 3.05) is 10.8 Å². The third-order valence-corrected chi connectivity index (χ3v) is 5.59. The Morgan fingerprint density at radius 2 is 1.71 bits per heavy atom. The van der Waals surface area contributed by atoms with Gasteiger partial charge in [0.1, 0.15) is 0 Å². The first-order valence-corrected chi connectivity index (χ1v) is 9.39. The first kappa shape index (κ1) is 20.8. The summed E-state index contributed by atoms with van der Waals surface area (Å²) in [5.41, 5.74) is -0.350. The van der Waals surface area contributed by atoms with Gasteiger partial charge in [0.25, 0.3) is 15.7 Å². The van der Waals surface area contributed by atoms with Gasteiger partial charge < -0.3 is 10.2 Å². The summed E-state index contributed by atoms with van der Waals surface area (Å²) in [7, 11) is -4.25. The van der Waals surface area contributed by atoms with Gasteiger partial charge in [0.15, 0.2) is 0 Å². The molecule has 0 radical (unpaired) electrons. The largest absolute Gasteiger partial charge is 0.481 e. The molecule has 0 aliphatic rings. The maximum Gasteiger partial charge on any atom is 0.335 e. The lowest BCUT2D eigenvalue weighted by atomic mass is 10.2. The van der Waals surface area contributed by atoms with E-state index in [0.717, 1.165) is 16.4 Å². The standard InChI is InChI=1S/C17H16N2O8S/c20-16(21)5-2-10-18(13-8-6-12(7-9-13)17(22)23)28(26,27)15-4-1-3-14(11-15)19(24)25/h1,3-4,6-9,11H,2,5,10H2,(H,20,21)(H,22,23). The average Bonchev–Trinajstić information content (AvgIpc) is 2.65. The highest BCUT2D eigenvalue weighted by Crippen LogP contribution is 2.27. The number of anilines is 1. The van der Waals surface area contributed by atoms with Crippen LogP contribution < -0.4 is 4.31 Å². The number of carboxylic acids is 2. The first-order chi connectivity index (χ1) is 13.1. The zero-order valence-electron chi connectivity index (χ0n) is 14.4. The van der Waals surface area contributed by atoms with E-state index in [1.165, 1.54) is 36.4 Å². The van der Waals surface area contributed by atoms with Crippen molar-refractivity contribution in [2.24, 2.45) is 0 Å². The molecule has 0 aliphatic heterocycles. The number of aliphatic carboxylic acids is 1. The summed E-state index contributed by atoms with van der Waals surface area (Å²) in [5.74, 6) is -2.29. The number of nitro benzene ring substituents is 1. The number of nitrogens with zero attached hydrogens (tertiary/aromatic N) is 2. The van der Waals surface area contributed by atoms with Crippen LogP contribution in [0, 0.1) is 10.1 Å². The fourth-order valence-corrected chi connectivity index (χ4v) is 3.96. The smallest absolute Gasteiger partial charge is 0.335 e. The molecule has 11 heteroatoms. The Balaban J connectivity index is 2.47. The molecule has 0 saturated carbocycles. The molecule has 0 aliphatic carbocycles. The maximum absolute atomic E-state index is 13.0. The van der Waals surface area contributed by atoms with Gasteiger partial charge in [-0.3, -0.25) is 19.2 Å². The molecule has 2 N–H and O–H groups in total. The topological polar surface area (TPSA) is 155 Å². The second-order valence-electron chi connectivity index (χ2n) is 5.68. The lowest BCUT2D eigenvalue weighted by Crippen LogP contribution is -2.32. The van der Waals surface area contributed by atoms with Gasteiger partial charge in [0, 0.05) is 25.1 Å². The summed E-state index contributed by atoms with van der Waals surface area (Å²) in [4.78, 5) is 31.6. The SMILES string of the molecule is O=C(O)CCCN(c1ccc(C(=O)O)cc1)S(=O)(=O)c1cccc([N+](=O)[O-])c1. The molecule has 2 aromatic rings. The Hall–Kier alpha value is -3.47.